The van der Waals surface area contributed by atoms with Gasteiger partial charge in [0.2, 0.25) is 5.91 Å². The monoisotopic (exact) mass is 381 g/mol. The number of alkyl halides is 3. The Bertz CT molecular complexity index is 613. The van der Waals surface area contributed by atoms with Crippen molar-refractivity contribution in [2.24, 2.45) is 5.92 Å². The van der Waals surface area contributed by atoms with Crippen LogP contribution >= 0.6 is 12.4 Å². The van der Waals surface area contributed by atoms with Crippen LogP contribution in [0, 0.1) is 5.92 Å². The fourth-order valence-electron chi connectivity index (χ4n) is 2.42. The van der Waals surface area contributed by atoms with E-state index in [2.05, 4.69) is 16.0 Å². The number of hydrogen-bond acceptors (Lipinski definition) is 4. The highest BCUT2D eigenvalue weighted by molar-refractivity contribution is 5.97. The molecular formula is C15H19ClF3N3O3. The summed E-state index contributed by atoms with van der Waals surface area (Å²) < 4.78 is 38.5. The molecular weight excluding hydrogens is 363 g/mol. The number of hydrogen-bond donors (Lipinski definition) is 4. The number of halogens is 4. The molecule has 0 aromatic heterocycles. The maximum atomic E-state index is 12.8. The molecule has 1 saturated heterocycles. The maximum absolute atomic E-state index is 12.8. The maximum Gasteiger partial charge on any atom is 0.417 e. The molecule has 2 rings (SSSR count). The molecule has 1 aromatic carbocycles. The Balaban J connectivity index is 0.00000312. The zero-order chi connectivity index (χ0) is 17.7. The van der Waals surface area contributed by atoms with Crippen molar-refractivity contribution in [3.63, 3.8) is 0 Å². The molecule has 1 fully saturated rings. The van der Waals surface area contributed by atoms with Gasteiger partial charge in [-0.2, -0.15) is 13.2 Å². The van der Waals surface area contributed by atoms with Crippen molar-refractivity contribution in [3.05, 3.63) is 35.4 Å². The van der Waals surface area contributed by atoms with Crippen LogP contribution in [0.1, 0.15) is 15.9 Å². The highest BCUT2D eigenvalue weighted by Crippen LogP contribution is 2.31. The minimum atomic E-state index is -4.65. The standard InChI is InChI=1S/C15H18F3N3O3.ClH/c16-15(17,18)11-4-2-1-3-10(11)14(24)21-8-13(23)20-6-9-5-19-7-12(9)22;/h1-4,9,12,19,22H,5-8H2,(H,20,23)(H,21,24);1H. The summed E-state index contributed by atoms with van der Waals surface area (Å²) in [4.78, 5) is 23.6. The first-order chi connectivity index (χ1) is 11.3. The molecule has 2 amide bonds. The number of amides is 2. The number of β-amino-alcohol motifs (C(OH)–C–C–N with tert-alkyl or cyclic N) is 1. The van der Waals surface area contributed by atoms with Crippen LogP contribution in [0.5, 0.6) is 0 Å². The van der Waals surface area contributed by atoms with Gasteiger partial charge in [-0.15, -0.1) is 12.4 Å². The van der Waals surface area contributed by atoms with E-state index < -0.39 is 41.8 Å². The second-order valence-corrected chi connectivity index (χ2v) is 5.52. The van der Waals surface area contributed by atoms with Crippen LogP contribution in [0.4, 0.5) is 13.2 Å². The van der Waals surface area contributed by atoms with E-state index in [1.165, 1.54) is 12.1 Å². The summed E-state index contributed by atoms with van der Waals surface area (Å²) in [5, 5.41) is 17.2. The molecule has 1 aromatic rings. The predicted octanol–water partition coefficient (Wildman–Crippen LogP) is 0.553. The lowest BCUT2D eigenvalue weighted by atomic mass is 10.1. The third-order valence-electron chi connectivity index (χ3n) is 3.75. The van der Waals surface area contributed by atoms with E-state index >= 15 is 0 Å². The van der Waals surface area contributed by atoms with Crippen molar-refractivity contribution in [2.45, 2.75) is 12.3 Å². The fourth-order valence-corrected chi connectivity index (χ4v) is 2.42. The van der Waals surface area contributed by atoms with Gasteiger partial charge in [-0.3, -0.25) is 9.59 Å². The molecule has 0 radical (unpaired) electrons. The molecule has 2 atom stereocenters. The lowest BCUT2D eigenvalue weighted by molar-refractivity contribution is -0.137. The molecule has 25 heavy (non-hydrogen) atoms. The first-order valence-electron chi connectivity index (χ1n) is 7.39. The van der Waals surface area contributed by atoms with Gasteiger partial charge in [-0.25, -0.2) is 0 Å². The molecule has 2 unspecified atom stereocenters. The second-order valence-electron chi connectivity index (χ2n) is 5.52. The number of nitrogens with one attached hydrogen (secondary N) is 3. The van der Waals surface area contributed by atoms with Gasteiger partial charge in [0.15, 0.2) is 0 Å². The summed E-state index contributed by atoms with van der Waals surface area (Å²) in [6, 6.07) is 4.37. The summed E-state index contributed by atoms with van der Waals surface area (Å²) in [5.74, 6) is -1.64. The molecule has 4 N–H and O–H groups in total. The Kier molecular flexibility index (Phi) is 7.65. The summed E-state index contributed by atoms with van der Waals surface area (Å²) in [5.41, 5.74) is -1.59. The Morgan fingerprint density at radius 3 is 2.48 bits per heavy atom. The Morgan fingerprint density at radius 1 is 1.20 bits per heavy atom. The van der Waals surface area contributed by atoms with Crippen molar-refractivity contribution in [1.29, 1.82) is 0 Å². The molecule has 6 nitrogen and oxygen atoms in total. The van der Waals surface area contributed by atoms with E-state index in [-0.39, 0.29) is 24.9 Å². The van der Waals surface area contributed by atoms with Crippen molar-refractivity contribution in [2.75, 3.05) is 26.2 Å². The predicted molar refractivity (Wildman–Crippen MR) is 86.4 cm³/mol. The van der Waals surface area contributed by atoms with Crippen molar-refractivity contribution < 1.29 is 27.9 Å². The molecule has 0 bridgehead atoms. The Labute approximate surface area is 148 Å². The molecule has 1 aliphatic heterocycles. The molecule has 140 valence electrons. The smallest absolute Gasteiger partial charge is 0.391 e. The third kappa shape index (κ3) is 5.87. The topological polar surface area (TPSA) is 90.5 Å². The summed E-state index contributed by atoms with van der Waals surface area (Å²) in [6.45, 7) is 0.793. The van der Waals surface area contributed by atoms with Gasteiger partial charge in [-0.1, -0.05) is 12.1 Å². The summed E-state index contributed by atoms with van der Waals surface area (Å²) >= 11 is 0. The summed E-state index contributed by atoms with van der Waals surface area (Å²) in [7, 11) is 0. The fraction of sp³-hybridized carbons (Fsp3) is 0.467. The lowest BCUT2D eigenvalue weighted by Crippen LogP contribution is -2.41. The van der Waals surface area contributed by atoms with E-state index in [0.29, 0.717) is 13.1 Å². The Hall–Kier alpha value is -1.84. The molecule has 0 spiro atoms. The number of aliphatic hydroxyl groups is 1. The van der Waals surface area contributed by atoms with Gasteiger partial charge in [0.25, 0.3) is 5.91 Å². The van der Waals surface area contributed by atoms with Crippen LogP contribution in [-0.2, 0) is 11.0 Å². The van der Waals surface area contributed by atoms with Gasteiger partial charge in [0.05, 0.1) is 23.8 Å². The number of carbonyl (C=O) groups is 2. The van der Waals surface area contributed by atoms with Crippen molar-refractivity contribution in [3.8, 4) is 0 Å². The van der Waals surface area contributed by atoms with Crippen LogP contribution in [0.15, 0.2) is 24.3 Å². The number of aliphatic hydroxyl groups excluding tert-OH is 1. The van der Waals surface area contributed by atoms with Gasteiger partial charge < -0.3 is 21.1 Å². The van der Waals surface area contributed by atoms with Crippen LogP contribution in [0.25, 0.3) is 0 Å². The molecule has 0 aliphatic carbocycles. The highest BCUT2D eigenvalue weighted by Gasteiger charge is 2.34. The minimum Gasteiger partial charge on any atom is -0.391 e. The van der Waals surface area contributed by atoms with E-state index in [9.17, 15) is 27.9 Å². The number of benzene rings is 1. The van der Waals surface area contributed by atoms with Crippen LogP contribution in [0.3, 0.4) is 0 Å². The first-order valence-corrected chi connectivity index (χ1v) is 7.39. The average molecular weight is 382 g/mol. The SMILES string of the molecule is Cl.O=C(CNC(=O)c1ccccc1C(F)(F)F)NCC1CNCC1O. The molecule has 1 aliphatic rings. The molecule has 10 heteroatoms. The normalized spacial score (nSPS) is 19.8. The van der Waals surface area contributed by atoms with Gasteiger partial charge in [0.1, 0.15) is 0 Å². The van der Waals surface area contributed by atoms with Crippen LogP contribution < -0.4 is 16.0 Å². The first kappa shape index (κ1) is 21.2. The number of rotatable bonds is 5. The number of carbonyl (C=O) groups excluding carboxylic acids is 2. The van der Waals surface area contributed by atoms with Crippen molar-refractivity contribution in [1.82, 2.24) is 16.0 Å². The van der Waals surface area contributed by atoms with E-state index in [1.807, 2.05) is 0 Å². The molecule has 1 heterocycles. The largest absolute Gasteiger partial charge is 0.417 e. The van der Waals surface area contributed by atoms with Crippen molar-refractivity contribution >= 4 is 24.2 Å². The van der Waals surface area contributed by atoms with E-state index in [0.717, 1.165) is 12.1 Å². The summed E-state index contributed by atoms with van der Waals surface area (Å²) in [6.07, 6.45) is -5.21. The van der Waals surface area contributed by atoms with E-state index in [1.54, 1.807) is 0 Å². The average Bonchev–Trinajstić information content (AvgIpc) is 2.95. The van der Waals surface area contributed by atoms with Gasteiger partial charge in [0, 0.05) is 25.6 Å². The van der Waals surface area contributed by atoms with Gasteiger partial charge >= 0.3 is 6.18 Å². The Morgan fingerprint density at radius 2 is 1.88 bits per heavy atom. The van der Waals surface area contributed by atoms with E-state index in [4.69, 9.17) is 0 Å². The lowest BCUT2D eigenvalue weighted by Gasteiger charge is -2.15. The minimum absolute atomic E-state index is 0. The third-order valence-corrected chi connectivity index (χ3v) is 3.75. The highest BCUT2D eigenvalue weighted by atomic mass is 35.5. The zero-order valence-electron chi connectivity index (χ0n) is 13.1. The molecule has 0 saturated carbocycles. The van der Waals surface area contributed by atoms with Gasteiger partial charge in [-0.05, 0) is 12.1 Å². The quantitative estimate of drug-likeness (QED) is 0.599. The second kappa shape index (κ2) is 9.02. The van der Waals surface area contributed by atoms with Crippen LogP contribution in [0.2, 0.25) is 0 Å². The van der Waals surface area contributed by atoms with Crippen LogP contribution in [-0.4, -0.2) is 49.2 Å². The zero-order valence-corrected chi connectivity index (χ0v) is 13.9.